The zero-order valence-electron chi connectivity index (χ0n) is 5.54. The van der Waals surface area contributed by atoms with Gasteiger partial charge in [-0.05, 0) is 17.6 Å². The van der Waals surface area contributed by atoms with Crippen molar-refractivity contribution in [1.29, 1.82) is 0 Å². The normalized spacial score (nSPS) is 28.7. The lowest BCUT2D eigenvalue weighted by Gasteiger charge is -2.16. The number of hydrazone groups is 1. The van der Waals surface area contributed by atoms with Crippen molar-refractivity contribution in [3.8, 4) is 0 Å². The third-order valence-corrected chi connectivity index (χ3v) is 1.78. The number of hydrogen-bond acceptors (Lipinski definition) is 3. The monoisotopic (exact) mass is 135 g/mol. The summed E-state index contributed by atoms with van der Waals surface area (Å²) < 4.78 is 0. The van der Waals surface area contributed by atoms with Gasteiger partial charge in [-0.1, -0.05) is 12.2 Å². The number of rotatable bonds is 0. The summed E-state index contributed by atoms with van der Waals surface area (Å²) in [5.74, 6) is 0. The lowest BCUT2D eigenvalue weighted by Crippen LogP contribution is -2.37. The topological polar surface area (TPSA) is 50.4 Å². The van der Waals surface area contributed by atoms with Crippen molar-refractivity contribution >= 4 is 6.21 Å². The lowest BCUT2D eigenvalue weighted by atomic mass is 10.1. The highest BCUT2D eigenvalue weighted by molar-refractivity contribution is 5.83. The van der Waals surface area contributed by atoms with E-state index < -0.39 is 0 Å². The van der Waals surface area contributed by atoms with Gasteiger partial charge in [-0.15, -0.1) is 0 Å². The van der Waals surface area contributed by atoms with Crippen LogP contribution in [0.5, 0.6) is 0 Å². The summed E-state index contributed by atoms with van der Waals surface area (Å²) in [6.45, 7) is 0. The molecule has 0 radical (unpaired) electrons. The van der Waals surface area contributed by atoms with Gasteiger partial charge >= 0.3 is 0 Å². The molecule has 0 fully saturated rings. The molecule has 3 nitrogen and oxygen atoms in total. The van der Waals surface area contributed by atoms with Crippen molar-refractivity contribution in [3.05, 3.63) is 23.3 Å². The Morgan fingerprint density at radius 1 is 1.70 bits per heavy atom. The molecule has 1 atom stereocenters. The summed E-state index contributed by atoms with van der Waals surface area (Å²) in [5, 5.41) is 3.90. The number of nitrogens with one attached hydrogen (secondary N) is 1. The summed E-state index contributed by atoms with van der Waals surface area (Å²) >= 11 is 0. The fourth-order valence-electron chi connectivity index (χ4n) is 1.23. The fraction of sp³-hybridized carbons (Fsp3) is 0.286. The molecule has 0 spiro atoms. The average molecular weight is 135 g/mol. The maximum atomic E-state index is 5.69. The van der Waals surface area contributed by atoms with Gasteiger partial charge in [-0.25, -0.2) is 0 Å². The second-order valence-corrected chi connectivity index (χ2v) is 2.45. The van der Waals surface area contributed by atoms with Crippen molar-refractivity contribution in [2.45, 2.75) is 12.6 Å². The van der Waals surface area contributed by atoms with Gasteiger partial charge < -0.3 is 5.73 Å². The van der Waals surface area contributed by atoms with E-state index in [1.165, 1.54) is 11.1 Å². The molecule has 10 heavy (non-hydrogen) atoms. The van der Waals surface area contributed by atoms with Gasteiger partial charge in [0.1, 0.15) is 6.17 Å². The first-order valence-corrected chi connectivity index (χ1v) is 3.31. The first-order valence-electron chi connectivity index (χ1n) is 3.31. The highest BCUT2D eigenvalue weighted by Crippen LogP contribution is 2.20. The highest BCUT2D eigenvalue weighted by Gasteiger charge is 2.16. The molecule has 1 aliphatic heterocycles. The Morgan fingerprint density at radius 2 is 2.60 bits per heavy atom. The summed E-state index contributed by atoms with van der Waals surface area (Å²) in [5.41, 5.74) is 10.9. The Morgan fingerprint density at radius 3 is 3.40 bits per heavy atom. The smallest absolute Gasteiger partial charge is 0.117 e. The van der Waals surface area contributed by atoms with Gasteiger partial charge in [0.25, 0.3) is 0 Å². The van der Waals surface area contributed by atoms with Crippen LogP contribution >= 0.6 is 0 Å². The summed E-state index contributed by atoms with van der Waals surface area (Å²) in [4.78, 5) is 0. The highest BCUT2D eigenvalue weighted by atomic mass is 15.3. The molecule has 0 saturated heterocycles. The van der Waals surface area contributed by atoms with Gasteiger partial charge in [0.2, 0.25) is 0 Å². The minimum absolute atomic E-state index is 0.0984. The molecule has 0 bridgehead atoms. The molecule has 0 amide bonds. The van der Waals surface area contributed by atoms with Crippen LogP contribution in [0.2, 0.25) is 0 Å². The van der Waals surface area contributed by atoms with Crippen LogP contribution in [0.4, 0.5) is 0 Å². The SMILES string of the molecule is NC1NN=CC2=C1C=CC2. The van der Waals surface area contributed by atoms with Crippen LogP contribution in [-0.2, 0) is 0 Å². The van der Waals surface area contributed by atoms with Gasteiger partial charge in [-0.3, -0.25) is 5.43 Å². The number of nitrogens with two attached hydrogens (primary N) is 1. The number of allylic oxidation sites excluding steroid dienone is 2. The minimum Gasteiger partial charge on any atom is -0.306 e. The minimum atomic E-state index is -0.0984. The third-order valence-electron chi connectivity index (χ3n) is 1.78. The molecule has 1 unspecified atom stereocenters. The number of hydrogen-bond donors (Lipinski definition) is 2. The molecule has 2 rings (SSSR count). The van der Waals surface area contributed by atoms with Gasteiger partial charge in [0.15, 0.2) is 0 Å². The van der Waals surface area contributed by atoms with Crippen LogP contribution in [0, 0.1) is 0 Å². The summed E-state index contributed by atoms with van der Waals surface area (Å²) in [6, 6.07) is 0. The Hall–Kier alpha value is -1.09. The maximum absolute atomic E-state index is 5.69. The maximum Gasteiger partial charge on any atom is 0.117 e. The van der Waals surface area contributed by atoms with E-state index >= 15 is 0 Å². The zero-order chi connectivity index (χ0) is 6.97. The van der Waals surface area contributed by atoms with Crippen LogP contribution in [0.1, 0.15) is 6.42 Å². The van der Waals surface area contributed by atoms with Gasteiger partial charge in [0.05, 0.1) is 6.21 Å². The second kappa shape index (κ2) is 1.95. The standard InChI is InChI=1S/C7H9N3/c8-7-6-3-1-2-5(6)4-9-10-7/h1,3-4,7,10H,2,8H2. The lowest BCUT2D eigenvalue weighted by molar-refractivity contribution is 0.620. The predicted molar refractivity (Wildman–Crippen MR) is 40.4 cm³/mol. The van der Waals surface area contributed by atoms with E-state index in [1.54, 1.807) is 0 Å². The van der Waals surface area contributed by atoms with E-state index in [0.717, 1.165) is 6.42 Å². The molecule has 0 aromatic rings. The van der Waals surface area contributed by atoms with E-state index in [-0.39, 0.29) is 6.17 Å². The average Bonchev–Trinajstić information content (AvgIpc) is 2.36. The molecular formula is C7H9N3. The van der Waals surface area contributed by atoms with Crippen molar-refractivity contribution < 1.29 is 0 Å². The first-order chi connectivity index (χ1) is 4.88. The molecule has 3 N–H and O–H groups in total. The van der Waals surface area contributed by atoms with E-state index in [0.29, 0.717) is 0 Å². The van der Waals surface area contributed by atoms with E-state index in [2.05, 4.69) is 22.7 Å². The molecule has 0 aromatic heterocycles. The molecule has 0 aromatic carbocycles. The van der Waals surface area contributed by atoms with E-state index in [4.69, 9.17) is 5.73 Å². The molecule has 3 heteroatoms. The van der Waals surface area contributed by atoms with Gasteiger partial charge in [0, 0.05) is 0 Å². The first kappa shape index (κ1) is 5.68. The quantitative estimate of drug-likeness (QED) is 0.495. The summed E-state index contributed by atoms with van der Waals surface area (Å²) in [6.07, 6.45) is 6.87. The van der Waals surface area contributed by atoms with Crippen molar-refractivity contribution in [2.75, 3.05) is 0 Å². The van der Waals surface area contributed by atoms with Crippen LogP contribution in [0.3, 0.4) is 0 Å². The largest absolute Gasteiger partial charge is 0.306 e. The summed E-state index contributed by atoms with van der Waals surface area (Å²) in [7, 11) is 0. The number of nitrogens with zero attached hydrogens (tertiary/aromatic N) is 1. The molecule has 1 heterocycles. The molecule has 52 valence electrons. The van der Waals surface area contributed by atoms with Gasteiger partial charge in [-0.2, -0.15) is 5.10 Å². The molecule has 1 aliphatic carbocycles. The Kier molecular flexibility index (Phi) is 1.11. The van der Waals surface area contributed by atoms with Crippen molar-refractivity contribution in [1.82, 2.24) is 5.43 Å². The molecule has 0 saturated carbocycles. The van der Waals surface area contributed by atoms with Crippen LogP contribution in [0.25, 0.3) is 0 Å². The second-order valence-electron chi connectivity index (χ2n) is 2.45. The van der Waals surface area contributed by atoms with E-state index in [1.807, 2.05) is 6.21 Å². The Bertz CT molecular complexity index is 237. The Balaban J connectivity index is 2.37. The zero-order valence-corrected chi connectivity index (χ0v) is 5.54. The fourth-order valence-corrected chi connectivity index (χ4v) is 1.23. The third kappa shape index (κ3) is 0.675. The van der Waals surface area contributed by atoms with Crippen LogP contribution in [0.15, 0.2) is 28.4 Å². The Labute approximate surface area is 59.3 Å². The van der Waals surface area contributed by atoms with Crippen LogP contribution in [-0.4, -0.2) is 12.4 Å². The van der Waals surface area contributed by atoms with Crippen molar-refractivity contribution in [3.63, 3.8) is 0 Å². The molecule has 2 aliphatic rings. The van der Waals surface area contributed by atoms with Crippen LogP contribution < -0.4 is 11.2 Å². The van der Waals surface area contributed by atoms with Crippen molar-refractivity contribution in [2.24, 2.45) is 10.8 Å². The van der Waals surface area contributed by atoms with E-state index in [9.17, 15) is 0 Å². The predicted octanol–water partition coefficient (Wildman–Crippen LogP) is 0.117. The molecular weight excluding hydrogens is 126 g/mol.